The summed E-state index contributed by atoms with van der Waals surface area (Å²) in [5.41, 5.74) is 1.60. The smallest absolute Gasteiger partial charge is 0.255 e. The number of aromatic nitrogens is 3. The van der Waals surface area contributed by atoms with Crippen LogP contribution < -0.4 is 10.5 Å². The van der Waals surface area contributed by atoms with Gasteiger partial charge in [0.25, 0.3) is 5.56 Å². The monoisotopic (exact) mass is 395 g/mol. The predicted molar refractivity (Wildman–Crippen MR) is 113 cm³/mol. The zero-order chi connectivity index (χ0) is 20.8. The third-order valence-electron chi connectivity index (χ3n) is 6.93. The minimum Gasteiger partial charge on any atom is -0.342 e. The van der Waals surface area contributed by atoms with Gasteiger partial charge in [0.15, 0.2) is 0 Å². The number of nitrogens with zero attached hydrogens (tertiary/aromatic N) is 5. The highest BCUT2D eigenvalue weighted by atomic mass is 16.2. The van der Waals surface area contributed by atoms with E-state index in [-0.39, 0.29) is 22.9 Å². The van der Waals surface area contributed by atoms with E-state index < -0.39 is 0 Å². The third kappa shape index (κ3) is 3.43. The Bertz CT molecular complexity index is 973. The van der Waals surface area contributed by atoms with E-state index >= 15 is 0 Å². The van der Waals surface area contributed by atoms with E-state index in [1.54, 1.807) is 37.0 Å². The number of hydrogen-bond donors (Lipinski definition) is 0. The first-order valence-electron chi connectivity index (χ1n) is 10.3. The summed E-state index contributed by atoms with van der Waals surface area (Å²) in [6.45, 7) is 4.83. The van der Waals surface area contributed by atoms with Crippen LogP contribution in [0.3, 0.4) is 0 Å². The summed E-state index contributed by atoms with van der Waals surface area (Å²) in [6.07, 6.45) is 7.42. The van der Waals surface area contributed by atoms with Crippen LogP contribution in [0, 0.1) is 5.41 Å². The molecule has 0 radical (unpaired) electrons. The molecule has 2 fully saturated rings. The van der Waals surface area contributed by atoms with Gasteiger partial charge in [-0.3, -0.25) is 19.1 Å². The van der Waals surface area contributed by atoms with Gasteiger partial charge in [-0.05, 0) is 43.2 Å². The van der Waals surface area contributed by atoms with Crippen molar-refractivity contribution in [3.8, 4) is 11.3 Å². The Morgan fingerprint density at radius 3 is 2.69 bits per heavy atom. The lowest BCUT2D eigenvalue weighted by Crippen LogP contribution is -2.50. The maximum Gasteiger partial charge on any atom is 0.255 e. The van der Waals surface area contributed by atoms with Crippen molar-refractivity contribution in [3.63, 3.8) is 0 Å². The Morgan fingerprint density at radius 1 is 1.28 bits per heavy atom. The van der Waals surface area contributed by atoms with Crippen molar-refractivity contribution < 1.29 is 4.79 Å². The lowest BCUT2D eigenvalue weighted by molar-refractivity contribution is -0.131. The van der Waals surface area contributed by atoms with Gasteiger partial charge in [0.2, 0.25) is 11.9 Å². The van der Waals surface area contributed by atoms with Crippen LogP contribution in [-0.2, 0) is 11.8 Å². The summed E-state index contributed by atoms with van der Waals surface area (Å²) >= 11 is 0. The Kier molecular flexibility index (Phi) is 4.92. The van der Waals surface area contributed by atoms with Crippen LogP contribution in [0.15, 0.2) is 35.4 Å². The quantitative estimate of drug-likeness (QED) is 0.798. The van der Waals surface area contributed by atoms with Crippen LogP contribution in [0.4, 0.5) is 5.95 Å². The molecule has 29 heavy (non-hydrogen) atoms. The Balaban J connectivity index is 1.62. The average molecular weight is 396 g/mol. The fraction of sp³-hybridized carbons (Fsp3) is 0.545. The molecule has 0 bridgehead atoms. The second-order valence-corrected chi connectivity index (χ2v) is 8.75. The van der Waals surface area contributed by atoms with Gasteiger partial charge in [-0.1, -0.05) is 6.92 Å². The molecular weight excluding hydrogens is 366 g/mol. The van der Waals surface area contributed by atoms with Crippen LogP contribution in [0.2, 0.25) is 0 Å². The summed E-state index contributed by atoms with van der Waals surface area (Å²) in [5.74, 6) is 0.859. The number of rotatable bonds is 3. The van der Waals surface area contributed by atoms with E-state index in [0.29, 0.717) is 17.7 Å². The topological polar surface area (TPSA) is 71.3 Å². The highest BCUT2D eigenvalue weighted by Crippen LogP contribution is 2.47. The molecule has 1 aliphatic heterocycles. The van der Waals surface area contributed by atoms with Crippen LogP contribution >= 0.6 is 0 Å². The van der Waals surface area contributed by atoms with Gasteiger partial charge in [0.05, 0.1) is 5.69 Å². The maximum atomic E-state index is 12.6. The van der Waals surface area contributed by atoms with Crippen LogP contribution in [0.25, 0.3) is 11.3 Å². The van der Waals surface area contributed by atoms with E-state index in [2.05, 4.69) is 16.8 Å². The summed E-state index contributed by atoms with van der Waals surface area (Å²) in [5, 5.41) is 0. The number of likely N-dealkylation sites (tertiary alicyclic amines) is 1. The normalized spacial score (nSPS) is 26.3. The van der Waals surface area contributed by atoms with E-state index in [0.717, 1.165) is 37.8 Å². The van der Waals surface area contributed by atoms with Gasteiger partial charge in [0.1, 0.15) is 0 Å². The summed E-state index contributed by atoms with van der Waals surface area (Å²) in [4.78, 5) is 37.7. The number of amides is 1. The molecule has 4 rings (SSSR count). The minimum absolute atomic E-state index is 0.0721. The van der Waals surface area contributed by atoms with Crippen molar-refractivity contribution in [2.45, 2.75) is 51.6 Å². The maximum absolute atomic E-state index is 12.6. The standard InChI is InChI=1S/C22H29N5O2/c1-15(28)27-12-9-22(2)14-17(5-6-19(22)27)25(3)21-24-18(13-20(29)26(21)4)16-7-10-23-11-8-16/h7-8,10-11,13,17,19H,5-6,9,12,14H2,1-4H3/t17-,19-,22+/m1/s1. The van der Waals surface area contributed by atoms with Crippen LogP contribution in [0.1, 0.15) is 39.5 Å². The second kappa shape index (κ2) is 7.28. The third-order valence-corrected chi connectivity index (χ3v) is 6.93. The van der Waals surface area contributed by atoms with E-state index in [4.69, 9.17) is 4.98 Å². The average Bonchev–Trinajstić information content (AvgIpc) is 3.06. The molecule has 0 aromatic carbocycles. The molecule has 1 saturated carbocycles. The van der Waals surface area contributed by atoms with Gasteiger partial charge in [-0.25, -0.2) is 4.98 Å². The van der Waals surface area contributed by atoms with Crippen molar-refractivity contribution in [2.24, 2.45) is 12.5 Å². The Morgan fingerprint density at radius 2 is 2.00 bits per heavy atom. The molecule has 2 aromatic heterocycles. The zero-order valence-electron chi connectivity index (χ0n) is 17.6. The molecule has 0 spiro atoms. The van der Waals surface area contributed by atoms with Gasteiger partial charge in [-0.15, -0.1) is 0 Å². The fourth-order valence-corrected chi connectivity index (χ4v) is 5.19. The Labute approximate surface area is 171 Å². The molecule has 154 valence electrons. The van der Waals surface area contributed by atoms with Crippen molar-refractivity contribution >= 4 is 11.9 Å². The first kappa shape index (κ1) is 19.6. The second-order valence-electron chi connectivity index (χ2n) is 8.75. The van der Waals surface area contributed by atoms with Gasteiger partial charge >= 0.3 is 0 Å². The number of carbonyl (C=O) groups is 1. The summed E-state index contributed by atoms with van der Waals surface area (Å²) in [6, 6.07) is 5.92. The highest BCUT2D eigenvalue weighted by Gasteiger charge is 2.49. The van der Waals surface area contributed by atoms with E-state index in [1.807, 2.05) is 24.1 Å². The van der Waals surface area contributed by atoms with Crippen LogP contribution in [-0.4, -0.2) is 51.0 Å². The van der Waals surface area contributed by atoms with Crippen molar-refractivity contribution in [2.75, 3.05) is 18.5 Å². The van der Waals surface area contributed by atoms with Crippen LogP contribution in [0.5, 0.6) is 0 Å². The molecule has 2 aromatic rings. The molecule has 0 N–H and O–H groups in total. The van der Waals surface area contributed by atoms with Crippen molar-refractivity contribution in [1.82, 2.24) is 19.4 Å². The van der Waals surface area contributed by atoms with Crippen molar-refractivity contribution in [1.29, 1.82) is 0 Å². The van der Waals surface area contributed by atoms with E-state index in [1.165, 1.54) is 0 Å². The highest BCUT2D eigenvalue weighted by molar-refractivity contribution is 5.74. The molecule has 3 heterocycles. The molecule has 1 aliphatic carbocycles. The molecule has 1 amide bonds. The zero-order valence-corrected chi connectivity index (χ0v) is 17.6. The lowest BCUT2D eigenvalue weighted by Gasteiger charge is -2.45. The molecule has 2 aliphatic rings. The number of pyridine rings is 1. The first-order valence-corrected chi connectivity index (χ1v) is 10.3. The van der Waals surface area contributed by atoms with Gasteiger partial charge in [0, 0.05) is 63.7 Å². The molecule has 0 unspecified atom stereocenters. The molecule has 1 saturated heterocycles. The molecule has 7 nitrogen and oxygen atoms in total. The SMILES string of the molecule is CC(=O)N1CC[C@@]2(C)C[C@H](N(C)c3nc(-c4ccncc4)cc(=O)n3C)CC[C@@H]12. The first-order chi connectivity index (χ1) is 13.8. The van der Waals surface area contributed by atoms with Gasteiger partial charge < -0.3 is 9.80 Å². The number of hydrogen-bond acceptors (Lipinski definition) is 5. The molecular formula is C22H29N5O2. The Hall–Kier alpha value is -2.70. The largest absolute Gasteiger partial charge is 0.342 e. The predicted octanol–water partition coefficient (Wildman–Crippen LogP) is 2.46. The number of carbonyl (C=O) groups excluding carboxylic acids is 1. The van der Waals surface area contributed by atoms with E-state index in [9.17, 15) is 9.59 Å². The lowest BCUT2D eigenvalue weighted by atomic mass is 9.70. The summed E-state index contributed by atoms with van der Waals surface area (Å²) < 4.78 is 1.62. The number of anilines is 1. The van der Waals surface area contributed by atoms with Crippen molar-refractivity contribution in [3.05, 3.63) is 40.9 Å². The minimum atomic E-state index is -0.0721. The molecule has 3 atom stereocenters. The fourth-order valence-electron chi connectivity index (χ4n) is 5.19. The summed E-state index contributed by atoms with van der Waals surface area (Å²) in [7, 11) is 3.81. The van der Waals surface area contributed by atoms with Gasteiger partial charge in [-0.2, -0.15) is 0 Å². The number of fused-ring (bicyclic) bond motifs is 1. The molecule has 7 heteroatoms.